The standard InChI is InChI=1S/C50H52N2O5Si/c1-33-27-35(28-34(2)47(33)53)29-36(43-23-15-16-26-51-43)24-25-44-45-37(30-41-46(42(45)32-56-44)49(55)52(48(41)54)38-17-9-6-10-18-38)31-57-58(50(3,4)5,39-19-11-7-12-20-39)40-21-13-8-14-22-40/h6-23,26-29,41-42,44,46,53H,24-25,30-32H2,1-5H3/b36-29-/t41-,42+,44-,46-/m1/s1. The van der Waals surface area contributed by atoms with Crippen molar-refractivity contribution in [2.24, 2.45) is 17.8 Å². The number of fused-ring (bicyclic) bond motifs is 3. The molecule has 3 aliphatic rings. The fraction of sp³-hybridized carbons (Fsp3) is 0.300. The lowest BCUT2D eigenvalue weighted by atomic mass is 9.69. The molecule has 0 bridgehead atoms. The van der Waals surface area contributed by atoms with Gasteiger partial charge in [0, 0.05) is 12.1 Å². The number of para-hydroxylation sites is 1. The van der Waals surface area contributed by atoms with E-state index in [0.29, 0.717) is 43.9 Å². The molecule has 1 aromatic heterocycles. The summed E-state index contributed by atoms with van der Waals surface area (Å²) < 4.78 is 14.3. The number of hydrogen-bond donors (Lipinski definition) is 1. The van der Waals surface area contributed by atoms with Crippen molar-refractivity contribution < 1.29 is 23.9 Å². The summed E-state index contributed by atoms with van der Waals surface area (Å²) >= 11 is 0. The summed E-state index contributed by atoms with van der Waals surface area (Å²) in [6.07, 6.45) is 5.46. The van der Waals surface area contributed by atoms with Crippen molar-refractivity contribution in [1.82, 2.24) is 4.98 Å². The first-order valence-corrected chi connectivity index (χ1v) is 22.3. The number of rotatable bonds is 11. The Morgan fingerprint density at radius 3 is 2.03 bits per heavy atom. The lowest BCUT2D eigenvalue weighted by Crippen LogP contribution is -2.66. The minimum atomic E-state index is -2.94. The molecular formula is C50H52N2O5Si. The van der Waals surface area contributed by atoms with Crippen LogP contribution in [0, 0.1) is 31.6 Å². The number of aryl methyl sites for hydroxylation is 2. The van der Waals surface area contributed by atoms with E-state index in [1.54, 1.807) is 0 Å². The fourth-order valence-corrected chi connectivity index (χ4v) is 14.3. The molecule has 7 nitrogen and oxygen atoms in total. The monoisotopic (exact) mass is 788 g/mol. The van der Waals surface area contributed by atoms with Crippen LogP contribution in [0.5, 0.6) is 5.75 Å². The van der Waals surface area contributed by atoms with Crippen molar-refractivity contribution in [2.45, 2.75) is 65.0 Å². The Bertz CT molecular complexity index is 2290. The van der Waals surface area contributed by atoms with Gasteiger partial charge in [-0.15, -0.1) is 0 Å². The van der Waals surface area contributed by atoms with Gasteiger partial charge < -0.3 is 14.3 Å². The summed E-state index contributed by atoms with van der Waals surface area (Å²) in [6, 6.07) is 40.5. The van der Waals surface area contributed by atoms with Crippen LogP contribution in [0.15, 0.2) is 139 Å². The second-order valence-corrected chi connectivity index (χ2v) is 21.4. The average Bonchev–Trinajstić information content (AvgIpc) is 3.76. The van der Waals surface area contributed by atoms with Crippen LogP contribution in [0.2, 0.25) is 5.04 Å². The second-order valence-electron chi connectivity index (χ2n) is 17.0. The predicted octanol–water partition coefficient (Wildman–Crippen LogP) is 8.82. The van der Waals surface area contributed by atoms with Crippen LogP contribution in [0.1, 0.15) is 62.4 Å². The van der Waals surface area contributed by atoms with Crippen LogP contribution >= 0.6 is 0 Å². The number of carbonyl (C=O) groups excluding carboxylic acids is 2. The van der Waals surface area contributed by atoms with Crippen molar-refractivity contribution >= 4 is 47.8 Å². The lowest BCUT2D eigenvalue weighted by molar-refractivity contribution is -0.122. The van der Waals surface area contributed by atoms with E-state index < -0.39 is 20.2 Å². The van der Waals surface area contributed by atoms with Gasteiger partial charge in [-0.2, -0.15) is 0 Å². The zero-order valence-corrected chi connectivity index (χ0v) is 35.0. The smallest absolute Gasteiger partial charge is 0.261 e. The summed E-state index contributed by atoms with van der Waals surface area (Å²) in [7, 11) is -2.94. The number of phenols is 1. The molecule has 3 heterocycles. The summed E-state index contributed by atoms with van der Waals surface area (Å²) in [5, 5.41) is 12.6. The molecule has 8 heteroatoms. The van der Waals surface area contributed by atoms with Gasteiger partial charge in [0.1, 0.15) is 5.75 Å². The molecule has 296 valence electrons. The molecule has 0 spiro atoms. The van der Waals surface area contributed by atoms with E-state index in [4.69, 9.17) is 14.1 Å². The van der Waals surface area contributed by atoms with Gasteiger partial charge in [0.15, 0.2) is 0 Å². The number of phenolic OH excluding ortho intramolecular Hbond substituents is 1. The molecule has 4 aromatic carbocycles. The number of pyridine rings is 1. The number of imide groups is 1. The quantitative estimate of drug-likeness (QED) is 0.0818. The van der Waals surface area contributed by atoms with Gasteiger partial charge in [0.05, 0.1) is 42.5 Å². The first-order valence-electron chi connectivity index (χ1n) is 20.4. The second kappa shape index (κ2) is 16.1. The van der Waals surface area contributed by atoms with Crippen molar-refractivity contribution in [1.29, 1.82) is 0 Å². The molecule has 0 radical (unpaired) electrons. The Kier molecular flexibility index (Phi) is 10.9. The van der Waals surface area contributed by atoms with Crippen LogP contribution < -0.4 is 15.3 Å². The largest absolute Gasteiger partial charge is 0.507 e. The lowest BCUT2D eigenvalue weighted by Gasteiger charge is -2.44. The van der Waals surface area contributed by atoms with Gasteiger partial charge in [-0.3, -0.25) is 19.5 Å². The van der Waals surface area contributed by atoms with E-state index in [1.165, 1.54) is 15.3 Å². The maximum absolute atomic E-state index is 14.4. The minimum absolute atomic E-state index is 0.146. The summed E-state index contributed by atoms with van der Waals surface area (Å²) in [6.45, 7) is 11.4. The Hall–Kier alpha value is -5.41. The van der Waals surface area contributed by atoms with Crippen LogP contribution in [0.25, 0.3) is 11.6 Å². The van der Waals surface area contributed by atoms with Crippen LogP contribution in [0.3, 0.4) is 0 Å². The molecule has 0 saturated carbocycles. The highest BCUT2D eigenvalue weighted by Gasteiger charge is 2.58. The van der Waals surface area contributed by atoms with Gasteiger partial charge in [-0.05, 0) is 124 Å². The molecule has 1 N–H and O–H groups in total. The number of anilines is 1. The fourth-order valence-electron chi connectivity index (χ4n) is 9.78. The molecule has 2 fully saturated rings. The summed E-state index contributed by atoms with van der Waals surface area (Å²) in [4.78, 5) is 34.9. The number of benzene rings is 4. The van der Waals surface area contributed by atoms with Crippen molar-refractivity contribution in [3.8, 4) is 5.75 Å². The summed E-state index contributed by atoms with van der Waals surface area (Å²) in [5.41, 5.74) is 7.37. The Morgan fingerprint density at radius 1 is 0.845 bits per heavy atom. The van der Waals surface area contributed by atoms with E-state index in [-0.39, 0.29) is 28.9 Å². The minimum Gasteiger partial charge on any atom is -0.507 e. The molecule has 0 unspecified atom stereocenters. The number of carbonyl (C=O) groups is 2. The third kappa shape index (κ3) is 7.18. The van der Waals surface area contributed by atoms with Crippen LogP contribution in [0.4, 0.5) is 5.69 Å². The van der Waals surface area contributed by atoms with Crippen LogP contribution in [-0.4, -0.2) is 49.5 Å². The molecular weight excluding hydrogens is 737 g/mol. The Balaban J connectivity index is 1.20. The maximum Gasteiger partial charge on any atom is 0.261 e. The zero-order valence-electron chi connectivity index (χ0n) is 34.0. The zero-order chi connectivity index (χ0) is 40.6. The van der Waals surface area contributed by atoms with E-state index >= 15 is 0 Å². The maximum atomic E-state index is 14.4. The average molecular weight is 789 g/mol. The summed E-state index contributed by atoms with van der Waals surface area (Å²) in [5.74, 6) is -1.22. The SMILES string of the molecule is Cc1cc(/C=C(/CC[C@H]2OC[C@H]3C2=C(CO[Si](c2ccccc2)(c2ccccc2)C(C)(C)C)C[C@H]2C(=O)N(c4ccccc4)C(=O)[C@H]23)c2ccccn2)cc(C)c1O. The third-order valence-corrected chi connectivity index (χ3v) is 17.4. The van der Waals surface area contributed by atoms with Gasteiger partial charge >= 0.3 is 0 Å². The number of allylic oxidation sites excluding steroid dienone is 1. The van der Waals surface area contributed by atoms with Gasteiger partial charge in [0.25, 0.3) is 8.32 Å². The highest BCUT2D eigenvalue weighted by atomic mass is 28.4. The van der Waals surface area contributed by atoms with E-state index in [2.05, 4.69) is 75.4 Å². The highest BCUT2D eigenvalue weighted by Crippen LogP contribution is 2.51. The van der Waals surface area contributed by atoms with Gasteiger partial charge in [0.2, 0.25) is 11.8 Å². The number of ether oxygens (including phenoxy) is 1. The Morgan fingerprint density at radius 2 is 1.45 bits per heavy atom. The van der Waals surface area contributed by atoms with E-state index in [0.717, 1.165) is 39.1 Å². The normalized spacial score (nSPS) is 21.1. The number of hydrogen-bond acceptors (Lipinski definition) is 6. The van der Waals surface area contributed by atoms with Crippen molar-refractivity contribution in [3.05, 3.63) is 161 Å². The van der Waals surface area contributed by atoms with Crippen LogP contribution in [-0.2, 0) is 18.8 Å². The number of nitrogens with zero attached hydrogens (tertiary/aromatic N) is 2. The molecule has 1 aliphatic carbocycles. The first-order chi connectivity index (χ1) is 28.0. The molecule has 58 heavy (non-hydrogen) atoms. The van der Waals surface area contributed by atoms with Crippen molar-refractivity contribution in [3.63, 3.8) is 0 Å². The van der Waals surface area contributed by atoms with Gasteiger partial charge in [-0.25, -0.2) is 0 Å². The topological polar surface area (TPSA) is 89.0 Å². The molecule has 2 aliphatic heterocycles. The molecule has 5 aromatic rings. The van der Waals surface area contributed by atoms with Gasteiger partial charge in [-0.1, -0.05) is 106 Å². The Labute approximate surface area is 343 Å². The number of aromatic nitrogens is 1. The highest BCUT2D eigenvalue weighted by molar-refractivity contribution is 6.99. The predicted molar refractivity (Wildman–Crippen MR) is 233 cm³/mol. The molecule has 4 atom stereocenters. The molecule has 8 rings (SSSR count). The van der Waals surface area contributed by atoms with Crippen molar-refractivity contribution in [2.75, 3.05) is 18.1 Å². The third-order valence-electron chi connectivity index (χ3n) is 12.4. The first kappa shape index (κ1) is 39.4. The number of aromatic hydroxyl groups is 1. The molecule has 2 saturated heterocycles. The molecule has 2 amide bonds. The van der Waals surface area contributed by atoms with E-state index in [9.17, 15) is 14.7 Å². The van der Waals surface area contributed by atoms with E-state index in [1.807, 2.05) is 92.8 Å². The number of amides is 2.